The lowest BCUT2D eigenvalue weighted by Gasteiger charge is -2.16. The van der Waals surface area contributed by atoms with Crippen LogP contribution in [0.3, 0.4) is 0 Å². The fraction of sp³-hybridized carbons (Fsp3) is 0.286. The fourth-order valence-electron chi connectivity index (χ4n) is 4.28. The number of ether oxygens (including phenoxy) is 4. The summed E-state index contributed by atoms with van der Waals surface area (Å²) >= 11 is 0. The zero-order valence-corrected chi connectivity index (χ0v) is 26.9. The Morgan fingerprint density at radius 1 is 0.841 bits per heavy atom. The number of fused-ring (bicyclic) bond motifs is 1. The highest BCUT2D eigenvalue weighted by atomic mass is 16.5. The number of nitrogens with one attached hydrogen (secondary N) is 1. The third kappa shape index (κ3) is 9.31. The fourth-order valence-corrected chi connectivity index (χ4v) is 4.28. The average molecular weight is 604 g/mol. The maximum absolute atomic E-state index is 13.7. The summed E-state index contributed by atoms with van der Waals surface area (Å²) in [5, 5.41) is 4.22. The number of aromatic nitrogens is 1. The predicted octanol–water partition coefficient (Wildman–Crippen LogP) is 6.86. The first kappa shape index (κ1) is 37.1. The first-order valence-corrected chi connectivity index (χ1v) is 14.3. The van der Waals surface area contributed by atoms with Crippen molar-refractivity contribution in [3.63, 3.8) is 0 Å². The second kappa shape index (κ2) is 20.1. The van der Waals surface area contributed by atoms with E-state index in [1.54, 1.807) is 30.5 Å². The Hall–Kier alpha value is -4.89. The molecular formula is C35H45N3O6. The largest absolute Gasteiger partial charge is 0.493 e. The number of nitrogens with zero attached hydrogens (tertiary/aromatic N) is 1. The van der Waals surface area contributed by atoms with Gasteiger partial charge in [0.2, 0.25) is 11.7 Å². The quantitative estimate of drug-likeness (QED) is 0.141. The molecule has 9 heteroatoms. The van der Waals surface area contributed by atoms with Gasteiger partial charge in [0.25, 0.3) is 0 Å². The molecule has 4 aromatic rings. The molecule has 0 aliphatic carbocycles. The molecule has 0 saturated heterocycles. The van der Waals surface area contributed by atoms with E-state index in [-0.39, 0.29) is 11.7 Å². The molecule has 0 atom stereocenters. The van der Waals surface area contributed by atoms with Crippen LogP contribution < -0.4 is 30.0 Å². The second-order valence-corrected chi connectivity index (χ2v) is 8.43. The number of pyridine rings is 1. The van der Waals surface area contributed by atoms with Gasteiger partial charge in [0, 0.05) is 35.3 Å². The lowest BCUT2D eigenvalue weighted by atomic mass is 9.98. The van der Waals surface area contributed by atoms with E-state index >= 15 is 0 Å². The maximum Gasteiger partial charge on any atom is 0.224 e. The number of anilines is 1. The molecule has 9 nitrogen and oxygen atoms in total. The molecule has 0 saturated carbocycles. The van der Waals surface area contributed by atoms with Gasteiger partial charge in [-0.15, -0.1) is 13.2 Å². The number of methoxy groups -OCH3 is 3. The molecular weight excluding hydrogens is 558 g/mol. The van der Waals surface area contributed by atoms with Crippen LogP contribution in [-0.2, 0) is 11.2 Å². The van der Waals surface area contributed by atoms with Crippen molar-refractivity contribution in [3.8, 4) is 23.0 Å². The molecule has 4 rings (SSSR count). The lowest BCUT2D eigenvalue weighted by Crippen LogP contribution is -2.14. The molecule has 3 aromatic carbocycles. The zero-order chi connectivity index (χ0) is 33.1. The Labute approximate surface area is 261 Å². The number of carbonyl (C=O) groups excluding carboxylic acids is 2. The highest BCUT2D eigenvalue weighted by Crippen LogP contribution is 2.40. The second-order valence-electron chi connectivity index (χ2n) is 8.43. The first-order valence-electron chi connectivity index (χ1n) is 14.3. The van der Waals surface area contributed by atoms with Crippen LogP contribution in [0.5, 0.6) is 23.0 Å². The van der Waals surface area contributed by atoms with Crippen molar-refractivity contribution in [2.75, 3.05) is 40.3 Å². The normalized spacial score (nSPS) is 9.55. The number of carbonyl (C=O) groups is 2. The van der Waals surface area contributed by atoms with Crippen molar-refractivity contribution in [3.05, 3.63) is 96.8 Å². The van der Waals surface area contributed by atoms with E-state index in [1.165, 1.54) is 34.6 Å². The highest BCUT2D eigenvalue weighted by Gasteiger charge is 2.22. The van der Waals surface area contributed by atoms with E-state index in [9.17, 15) is 9.59 Å². The monoisotopic (exact) mass is 603 g/mol. The van der Waals surface area contributed by atoms with Gasteiger partial charge >= 0.3 is 0 Å². The Balaban J connectivity index is 0.00000152. The summed E-state index contributed by atoms with van der Waals surface area (Å²) in [6.45, 7) is 12.3. The van der Waals surface area contributed by atoms with Crippen LogP contribution in [0.1, 0.15) is 48.7 Å². The van der Waals surface area contributed by atoms with Crippen molar-refractivity contribution in [1.82, 2.24) is 4.98 Å². The Morgan fingerprint density at radius 2 is 1.45 bits per heavy atom. The summed E-state index contributed by atoms with van der Waals surface area (Å²) in [5.41, 5.74) is 6.76. The number of hydrogen-bond donors (Lipinski definition) is 2. The number of aryl methyl sites for hydroxylation is 1. The van der Waals surface area contributed by atoms with Gasteiger partial charge in [-0.1, -0.05) is 44.2 Å². The van der Waals surface area contributed by atoms with Gasteiger partial charge in [0.05, 0.1) is 33.6 Å². The van der Waals surface area contributed by atoms with Gasteiger partial charge in [0.1, 0.15) is 5.75 Å². The average Bonchev–Trinajstić information content (AvgIpc) is 3.10. The molecule has 44 heavy (non-hydrogen) atoms. The molecule has 1 amide bonds. The Morgan fingerprint density at radius 3 is 2.00 bits per heavy atom. The molecule has 0 aliphatic heterocycles. The summed E-state index contributed by atoms with van der Waals surface area (Å²) in [4.78, 5) is 30.9. The van der Waals surface area contributed by atoms with Crippen LogP contribution in [0.4, 0.5) is 5.69 Å². The van der Waals surface area contributed by atoms with E-state index in [0.29, 0.717) is 70.0 Å². The molecule has 0 unspecified atom stereocenters. The molecule has 0 aliphatic rings. The van der Waals surface area contributed by atoms with Gasteiger partial charge in [-0.25, -0.2) is 0 Å². The van der Waals surface area contributed by atoms with Crippen LogP contribution in [0.2, 0.25) is 0 Å². The number of benzene rings is 3. The maximum atomic E-state index is 13.7. The Kier molecular flexibility index (Phi) is 17.0. The summed E-state index contributed by atoms with van der Waals surface area (Å²) in [5.74, 6) is 1.19. The summed E-state index contributed by atoms with van der Waals surface area (Å²) in [7, 11) is 5.99. The van der Waals surface area contributed by atoms with Gasteiger partial charge < -0.3 is 30.0 Å². The third-order valence-corrected chi connectivity index (χ3v) is 6.12. The summed E-state index contributed by atoms with van der Waals surface area (Å²) in [6, 6.07) is 16.6. The SMILES string of the molecule is C=C.CC.CCOc1ccc2c(C(=O)c3cc(OC)c(OC)c(OC)c3)cncc2c1NC(=O)CCc1ccccc1.CN. The van der Waals surface area contributed by atoms with Crippen molar-refractivity contribution in [1.29, 1.82) is 0 Å². The minimum absolute atomic E-state index is 0.163. The van der Waals surface area contributed by atoms with Crippen molar-refractivity contribution in [2.24, 2.45) is 5.73 Å². The van der Waals surface area contributed by atoms with Gasteiger partial charge in [-0.05, 0) is 55.6 Å². The van der Waals surface area contributed by atoms with E-state index in [2.05, 4.69) is 29.2 Å². The molecule has 0 bridgehead atoms. The van der Waals surface area contributed by atoms with Crippen molar-refractivity contribution < 1.29 is 28.5 Å². The topological polar surface area (TPSA) is 122 Å². The van der Waals surface area contributed by atoms with Crippen LogP contribution >= 0.6 is 0 Å². The first-order chi connectivity index (χ1) is 21.5. The standard InChI is InChI=1S/C30H30N2O6.C2H6.C2H4.CH5N/c1-5-38-24-13-12-21-22(28(24)32-27(33)14-11-19-9-7-6-8-10-19)17-31-18-23(21)29(34)20-15-25(35-2)30(37-4)26(16-20)36-3;3*1-2/h6-10,12-13,15-18H,5,11,14H2,1-4H3,(H,32,33);1-2H3;1-2H2;2H2,1H3. The van der Waals surface area contributed by atoms with Crippen LogP contribution in [0.15, 0.2) is 80.1 Å². The zero-order valence-electron chi connectivity index (χ0n) is 26.9. The predicted molar refractivity (Wildman–Crippen MR) is 179 cm³/mol. The van der Waals surface area contributed by atoms with Crippen LogP contribution in [-0.4, -0.2) is 51.7 Å². The number of hydrogen-bond acceptors (Lipinski definition) is 8. The molecule has 0 radical (unpaired) electrons. The number of amides is 1. The summed E-state index contributed by atoms with van der Waals surface area (Å²) < 4.78 is 22.0. The Bertz CT molecular complexity index is 1450. The molecule has 0 spiro atoms. The molecule has 0 fully saturated rings. The molecule has 1 heterocycles. The van der Waals surface area contributed by atoms with Crippen molar-refractivity contribution >= 4 is 28.2 Å². The third-order valence-electron chi connectivity index (χ3n) is 6.12. The van der Waals surface area contributed by atoms with Crippen LogP contribution in [0, 0.1) is 0 Å². The van der Waals surface area contributed by atoms with Crippen LogP contribution in [0.25, 0.3) is 10.8 Å². The minimum atomic E-state index is -0.284. The van der Waals surface area contributed by atoms with E-state index in [1.807, 2.05) is 51.1 Å². The molecule has 3 N–H and O–H groups in total. The van der Waals surface area contributed by atoms with Crippen molar-refractivity contribution in [2.45, 2.75) is 33.6 Å². The van der Waals surface area contributed by atoms with Gasteiger partial charge in [-0.2, -0.15) is 0 Å². The minimum Gasteiger partial charge on any atom is -0.493 e. The number of rotatable bonds is 11. The van der Waals surface area contributed by atoms with Gasteiger partial charge in [0.15, 0.2) is 17.3 Å². The van der Waals surface area contributed by atoms with Gasteiger partial charge in [-0.3, -0.25) is 14.6 Å². The van der Waals surface area contributed by atoms with E-state index in [4.69, 9.17) is 18.9 Å². The smallest absolute Gasteiger partial charge is 0.224 e. The lowest BCUT2D eigenvalue weighted by molar-refractivity contribution is -0.116. The number of ketones is 1. The molecule has 1 aromatic heterocycles. The van der Waals surface area contributed by atoms with E-state index in [0.717, 1.165) is 5.56 Å². The highest BCUT2D eigenvalue weighted by molar-refractivity contribution is 6.19. The van der Waals surface area contributed by atoms with E-state index < -0.39 is 0 Å². The number of nitrogens with two attached hydrogens (primary N) is 1. The summed E-state index contributed by atoms with van der Waals surface area (Å²) in [6.07, 6.45) is 4.03. The molecule has 236 valence electrons.